The Kier molecular flexibility index (Phi) is 9.39. The van der Waals surface area contributed by atoms with Gasteiger partial charge in [-0.1, -0.05) is 36.9 Å². The van der Waals surface area contributed by atoms with Crippen LogP contribution in [-0.4, -0.2) is 42.3 Å². The number of thiophene rings is 1. The topological polar surface area (TPSA) is 94.6 Å². The Labute approximate surface area is 316 Å². The van der Waals surface area contributed by atoms with E-state index in [-0.39, 0.29) is 56.2 Å². The van der Waals surface area contributed by atoms with Gasteiger partial charge in [0.1, 0.15) is 11.6 Å². The van der Waals surface area contributed by atoms with Gasteiger partial charge < -0.3 is 20.4 Å². The fourth-order valence-electron chi connectivity index (χ4n) is 7.71. The van der Waals surface area contributed by atoms with Crippen LogP contribution >= 0.6 is 22.9 Å². The molecule has 276 valence electrons. The third kappa shape index (κ3) is 6.49. The average Bonchev–Trinajstić information content (AvgIpc) is 3.52. The summed E-state index contributed by atoms with van der Waals surface area (Å²) in [6.07, 6.45) is 7.87. The SMILES string of the molecule is O=C(Nc1c(F)cccc1Cl)c1cc2c(s1)-c1c(cc(F)c(F)c1F)N(C(=O)c1ccc(NC(=O)c3cccnc3N3CC4(CCCCC4)C3)cc1)CC2. The number of amides is 3. The number of rotatable bonds is 6. The van der Waals surface area contributed by atoms with Crippen molar-refractivity contribution >= 4 is 63.5 Å². The molecule has 2 N–H and O–H groups in total. The van der Waals surface area contributed by atoms with Gasteiger partial charge in [0, 0.05) is 53.4 Å². The van der Waals surface area contributed by atoms with Crippen LogP contribution in [0.1, 0.15) is 68.1 Å². The van der Waals surface area contributed by atoms with Crippen molar-refractivity contribution in [1.29, 1.82) is 0 Å². The van der Waals surface area contributed by atoms with E-state index in [1.165, 1.54) is 62.4 Å². The Hall–Kier alpha value is -5.27. The maximum absolute atomic E-state index is 15.7. The molecule has 0 bridgehead atoms. The van der Waals surface area contributed by atoms with Crippen molar-refractivity contribution in [2.45, 2.75) is 38.5 Å². The standard InChI is InChI=1S/C40H32ClF4N5O3S/c41-26-7-4-8-27(42)34(26)48-38(52)30-18-23-13-17-50(29-19-28(43)32(44)33(45)31(29)35(23)54-30)39(53)22-9-11-24(12-10-22)47-37(51)25-6-5-16-46-36(25)49-20-40(21-49)14-2-1-3-15-40/h4-12,16,18-19H,1-3,13-15,17,20-21H2,(H,47,51)(H,48,52). The first-order chi connectivity index (χ1) is 26.0. The lowest BCUT2D eigenvalue weighted by atomic mass is 9.68. The van der Waals surface area contributed by atoms with Gasteiger partial charge in [-0.05, 0) is 79.4 Å². The van der Waals surface area contributed by atoms with Crippen LogP contribution in [0.4, 0.5) is 40.4 Å². The van der Waals surface area contributed by atoms with E-state index in [0.717, 1.165) is 41.5 Å². The third-order valence-corrected chi connectivity index (χ3v) is 11.9. The minimum absolute atomic E-state index is 0.0306. The molecule has 3 amide bonds. The molecule has 2 aliphatic heterocycles. The molecule has 2 aromatic heterocycles. The lowest BCUT2D eigenvalue weighted by Crippen LogP contribution is -2.57. The number of benzene rings is 3. The van der Waals surface area contributed by atoms with E-state index < -0.39 is 35.1 Å². The van der Waals surface area contributed by atoms with Crippen molar-refractivity contribution in [3.63, 3.8) is 0 Å². The van der Waals surface area contributed by atoms with Gasteiger partial charge in [0.25, 0.3) is 17.7 Å². The van der Waals surface area contributed by atoms with Gasteiger partial charge in [0.2, 0.25) is 0 Å². The largest absolute Gasteiger partial charge is 0.355 e. The summed E-state index contributed by atoms with van der Waals surface area (Å²) in [6, 6.07) is 15.6. The summed E-state index contributed by atoms with van der Waals surface area (Å²) in [7, 11) is 0. The van der Waals surface area contributed by atoms with E-state index in [0.29, 0.717) is 28.0 Å². The van der Waals surface area contributed by atoms with E-state index in [9.17, 15) is 27.6 Å². The summed E-state index contributed by atoms with van der Waals surface area (Å²) in [4.78, 5) is 48.6. The zero-order valence-corrected chi connectivity index (χ0v) is 30.2. The molecule has 2 fully saturated rings. The van der Waals surface area contributed by atoms with Crippen molar-refractivity contribution < 1.29 is 31.9 Å². The number of pyridine rings is 1. The molecule has 5 aromatic rings. The van der Waals surface area contributed by atoms with Gasteiger partial charge in [-0.3, -0.25) is 14.4 Å². The van der Waals surface area contributed by atoms with Crippen LogP contribution in [0, 0.1) is 28.7 Å². The Bertz CT molecular complexity index is 2300. The highest BCUT2D eigenvalue weighted by molar-refractivity contribution is 7.17. The molecule has 0 unspecified atom stereocenters. The summed E-state index contributed by atoms with van der Waals surface area (Å²) in [6.45, 7) is 1.67. The number of hydrogen-bond acceptors (Lipinski definition) is 6. The molecule has 14 heteroatoms. The first kappa shape index (κ1) is 35.7. The first-order valence-corrected chi connectivity index (χ1v) is 18.7. The molecule has 8 nitrogen and oxygen atoms in total. The predicted molar refractivity (Wildman–Crippen MR) is 201 cm³/mol. The minimum Gasteiger partial charge on any atom is -0.355 e. The highest BCUT2D eigenvalue weighted by atomic mass is 35.5. The number of fused-ring (bicyclic) bond motifs is 3. The molecule has 1 saturated carbocycles. The number of carbonyl (C=O) groups excluding carboxylic acids is 3. The van der Waals surface area contributed by atoms with Gasteiger partial charge in [-0.25, -0.2) is 22.5 Å². The quantitative estimate of drug-likeness (QED) is 0.133. The zero-order chi connectivity index (χ0) is 37.7. The number of aromatic nitrogens is 1. The molecular weight excluding hydrogens is 742 g/mol. The van der Waals surface area contributed by atoms with Gasteiger partial charge >= 0.3 is 0 Å². The minimum atomic E-state index is -1.73. The lowest BCUT2D eigenvalue weighted by molar-refractivity contribution is 0.0985. The number of anilines is 4. The van der Waals surface area contributed by atoms with E-state index in [1.807, 2.05) is 0 Å². The average molecular weight is 774 g/mol. The molecule has 4 heterocycles. The van der Waals surface area contributed by atoms with Gasteiger partial charge in [0.05, 0.1) is 32.4 Å². The van der Waals surface area contributed by atoms with Crippen LogP contribution in [0.15, 0.2) is 72.9 Å². The molecular formula is C40H32ClF4N5O3S. The van der Waals surface area contributed by atoms with Crippen molar-refractivity contribution in [2.24, 2.45) is 5.41 Å². The molecule has 0 radical (unpaired) electrons. The third-order valence-electron chi connectivity index (χ3n) is 10.4. The smallest absolute Gasteiger partial charge is 0.265 e. The molecule has 1 saturated heterocycles. The summed E-state index contributed by atoms with van der Waals surface area (Å²) < 4.78 is 59.6. The summed E-state index contributed by atoms with van der Waals surface area (Å²) in [5.74, 6) is -6.58. The van der Waals surface area contributed by atoms with Gasteiger partial charge in [-0.15, -0.1) is 11.3 Å². The second kappa shape index (κ2) is 14.2. The number of halogens is 5. The molecule has 1 aliphatic carbocycles. The van der Waals surface area contributed by atoms with Gasteiger partial charge in [0.15, 0.2) is 17.5 Å². The normalized spacial score (nSPS) is 15.9. The van der Waals surface area contributed by atoms with E-state index >= 15 is 4.39 Å². The highest BCUT2D eigenvalue weighted by Gasteiger charge is 2.44. The van der Waals surface area contributed by atoms with Crippen molar-refractivity contribution in [3.05, 3.63) is 123 Å². The maximum Gasteiger partial charge on any atom is 0.265 e. The fraction of sp³-hybridized carbons (Fsp3) is 0.250. The Balaban J connectivity index is 1.02. The molecule has 8 rings (SSSR count). The lowest BCUT2D eigenvalue weighted by Gasteiger charge is -2.53. The second-order valence-electron chi connectivity index (χ2n) is 13.9. The summed E-state index contributed by atoms with van der Waals surface area (Å²) in [5.41, 5.74) is 0.872. The Morgan fingerprint density at radius 2 is 1.59 bits per heavy atom. The van der Waals surface area contributed by atoms with E-state index in [4.69, 9.17) is 11.6 Å². The second-order valence-corrected chi connectivity index (χ2v) is 15.4. The van der Waals surface area contributed by atoms with E-state index in [2.05, 4.69) is 20.5 Å². The highest BCUT2D eigenvalue weighted by Crippen LogP contribution is 2.47. The molecule has 3 aromatic carbocycles. The number of nitrogens with zero attached hydrogens (tertiary/aromatic N) is 3. The first-order valence-electron chi connectivity index (χ1n) is 17.5. The van der Waals surface area contributed by atoms with Crippen molar-refractivity contribution in [3.8, 4) is 10.4 Å². The number of hydrogen-bond donors (Lipinski definition) is 2. The van der Waals surface area contributed by atoms with Crippen LogP contribution in [0.25, 0.3) is 10.4 Å². The molecule has 3 aliphatic rings. The number of nitrogens with one attached hydrogen (secondary N) is 2. The number of para-hydroxylation sites is 1. The van der Waals surface area contributed by atoms with E-state index in [1.54, 1.807) is 30.5 Å². The molecule has 0 atom stereocenters. The van der Waals surface area contributed by atoms with Crippen LogP contribution in [0.3, 0.4) is 0 Å². The van der Waals surface area contributed by atoms with Crippen LogP contribution < -0.4 is 20.4 Å². The van der Waals surface area contributed by atoms with Crippen LogP contribution in [0.2, 0.25) is 5.02 Å². The molecule has 54 heavy (non-hydrogen) atoms. The van der Waals surface area contributed by atoms with Crippen molar-refractivity contribution in [2.75, 3.05) is 40.1 Å². The monoisotopic (exact) mass is 773 g/mol. The fourth-order valence-corrected chi connectivity index (χ4v) is 9.08. The van der Waals surface area contributed by atoms with Gasteiger partial charge in [-0.2, -0.15) is 0 Å². The van der Waals surface area contributed by atoms with Crippen LogP contribution in [-0.2, 0) is 6.42 Å². The Morgan fingerprint density at radius 1 is 0.833 bits per heavy atom. The predicted octanol–water partition coefficient (Wildman–Crippen LogP) is 9.50. The maximum atomic E-state index is 15.7. The summed E-state index contributed by atoms with van der Waals surface area (Å²) in [5, 5.41) is 5.27. The van der Waals surface area contributed by atoms with Crippen LogP contribution in [0.5, 0.6) is 0 Å². The summed E-state index contributed by atoms with van der Waals surface area (Å²) >= 11 is 6.86. The molecule has 1 spiro atoms. The Morgan fingerprint density at radius 3 is 2.33 bits per heavy atom. The number of carbonyl (C=O) groups is 3. The van der Waals surface area contributed by atoms with Crippen molar-refractivity contribution in [1.82, 2.24) is 4.98 Å². The zero-order valence-electron chi connectivity index (χ0n) is 28.7.